The molecule has 1 nitrogen and oxygen atoms in total. The van der Waals surface area contributed by atoms with E-state index in [2.05, 4.69) is 79.6 Å². The van der Waals surface area contributed by atoms with Gasteiger partial charge in [-0.2, -0.15) is 0 Å². The molecule has 0 bridgehead atoms. The molecule has 3 aromatic rings. The van der Waals surface area contributed by atoms with Crippen molar-refractivity contribution in [3.05, 3.63) is 71.9 Å². The van der Waals surface area contributed by atoms with Gasteiger partial charge in [0.05, 0.1) is 0 Å². The molecule has 0 atom stereocenters. The van der Waals surface area contributed by atoms with E-state index in [0.29, 0.717) is 0 Å². The summed E-state index contributed by atoms with van der Waals surface area (Å²) >= 11 is 0. The molecule has 0 saturated carbocycles. The number of aryl methyl sites for hydroxylation is 2. The van der Waals surface area contributed by atoms with E-state index in [4.69, 9.17) is 0 Å². The van der Waals surface area contributed by atoms with Gasteiger partial charge < -0.3 is 4.98 Å². The van der Waals surface area contributed by atoms with E-state index in [1.54, 1.807) is 0 Å². The number of hydrogen-bond donors (Lipinski definition) is 1. The van der Waals surface area contributed by atoms with Crippen LogP contribution >= 0.6 is 0 Å². The summed E-state index contributed by atoms with van der Waals surface area (Å²) in [5.41, 5.74) is 7.70. The number of aromatic nitrogens is 1. The summed E-state index contributed by atoms with van der Waals surface area (Å²) in [7, 11) is 0. The molecule has 100 valence electrons. The van der Waals surface area contributed by atoms with Gasteiger partial charge in [-0.1, -0.05) is 49.4 Å². The van der Waals surface area contributed by atoms with Crippen molar-refractivity contribution in [2.24, 2.45) is 0 Å². The minimum atomic E-state index is 1.04. The Kier molecular flexibility index (Phi) is 3.42. The highest BCUT2D eigenvalue weighted by Gasteiger charge is 2.08. The Morgan fingerprint density at radius 2 is 1.70 bits per heavy atom. The van der Waals surface area contributed by atoms with Crippen LogP contribution in [0.5, 0.6) is 0 Å². The van der Waals surface area contributed by atoms with Crippen molar-refractivity contribution in [3.63, 3.8) is 0 Å². The molecule has 2 aromatic carbocycles. The molecule has 1 heteroatoms. The van der Waals surface area contributed by atoms with Crippen LogP contribution in [-0.2, 0) is 6.42 Å². The Balaban J connectivity index is 2.12. The van der Waals surface area contributed by atoms with Gasteiger partial charge >= 0.3 is 0 Å². The Labute approximate surface area is 120 Å². The van der Waals surface area contributed by atoms with Gasteiger partial charge in [-0.15, -0.1) is 0 Å². The van der Waals surface area contributed by atoms with Gasteiger partial charge in [0.2, 0.25) is 0 Å². The van der Waals surface area contributed by atoms with Gasteiger partial charge in [0, 0.05) is 17.5 Å². The summed E-state index contributed by atoms with van der Waals surface area (Å²) < 4.78 is 0. The Hall–Kier alpha value is -2.28. The highest BCUT2D eigenvalue weighted by Crippen LogP contribution is 2.29. The molecule has 3 rings (SSSR count). The third-order valence-corrected chi connectivity index (χ3v) is 3.72. The number of nitrogens with one attached hydrogen (secondary N) is 1. The summed E-state index contributed by atoms with van der Waals surface area (Å²) in [5, 5.41) is 0. The summed E-state index contributed by atoms with van der Waals surface area (Å²) in [5.74, 6) is 0. The Morgan fingerprint density at radius 1 is 0.900 bits per heavy atom. The number of benzene rings is 2. The minimum Gasteiger partial charge on any atom is -0.361 e. The first-order chi connectivity index (χ1) is 9.78. The average molecular weight is 261 g/mol. The van der Waals surface area contributed by atoms with Crippen molar-refractivity contribution in [1.29, 1.82) is 0 Å². The molecule has 20 heavy (non-hydrogen) atoms. The summed E-state index contributed by atoms with van der Waals surface area (Å²) in [6.45, 7) is 4.32. The molecule has 1 N–H and O–H groups in total. The minimum absolute atomic E-state index is 1.04. The fraction of sp³-hybridized carbons (Fsp3) is 0.158. The lowest BCUT2D eigenvalue weighted by Gasteiger charge is -2.10. The van der Waals surface area contributed by atoms with E-state index in [0.717, 1.165) is 6.42 Å². The van der Waals surface area contributed by atoms with Crippen LogP contribution in [0.1, 0.15) is 18.1 Å². The van der Waals surface area contributed by atoms with Crippen molar-refractivity contribution in [2.75, 3.05) is 0 Å². The van der Waals surface area contributed by atoms with E-state index in [-0.39, 0.29) is 0 Å². The maximum atomic E-state index is 3.38. The van der Waals surface area contributed by atoms with Gasteiger partial charge in [0.15, 0.2) is 0 Å². The zero-order valence-corrected chi connectivity index (χ0v) is 12.0. The van der Waals surface area contributed by atoms with Crippen LogP contribution in [0.25, 0.3) is 22.4 Å². The lowest BCUT2D eigenvalue weighted by Crippen LogP contribution is -1.89. The Bertz CT molecular complexity index is 708. The van der Waals surface area contributed by atoms with Crippen LogP contribution in [0.3, 0.4) is 0 Å². The number of rotatable bonds is 3. The second-order valence-electron chi connectivity index (χ2n) is 5.18. The van der Waals surface area contributed by atoms with E-state index in [9.17, 15) is 0 Å². The molecule has 0 saturated heterocycles. The molecule has 1 aromatic heterocycles. The first-order valence-electron chi connectivity index (χ1n) is 7.11. The van der Waals surface area contributed by atoms with Gasteiger partial charge in [-0.25, -0.2) is 0 Å². The highest BCUT2D eigenvalue weighted by atomic mass is 14.7. The van der Waals surface area contributed by atoms with E-state index in [1.165, 1.54) is 33.5 Å². The van der Waals surface area contributed by atoms with Crippen molar-refractivity contribution in [1.82, 2.24) is 4.98 Å². The molecule has 0 unspecified atom stereocenters. The van der Waals surface area contributed by atoms with Gasteiger partial charge in [0.1, 0.15) is 0 Å². The molecule has 0 spiro atoms. The standard InChI is InChI=1S/C19H19N/c1-3-15-9-10-17(16-7-5-4-6-8-16)12-18(15)19-11-14(2)13-20-19/h4-13,20H,3H2,1-2H3. The molecule has 1 heterocycles. The normalized spacial score (nSPS) is 10.7. The van der Waals surface area contributed by atoms with Crippen LogP contribution < -0.4 is 0 Å². The lowest BCUT2D eigenvalue weighted by atomic mass is 9.96. The van der Waals surface area contributed by atoms with Crippen LogP contribution in [-0.4, -0.2) is 4.98 Å². The monoisotopic (exact) mass is 261 g/mol. The zero-order chi connectivity index (χ0) is 13.9. The van der Waals surface area contributed by atoms with Gasteiger partial charge in [-0.05, 0) is 47.7 Å². The predicted octanol–water partition coefficient (Wildman–Crippen LogP) is 5.22. The van der Waals surface area contributed by atoms with Crippen molar-refractivity contribution >= 4 is 0 Å². The number of H-pyrrole nitrogens is 1. The third kappa shape index (κ3) is 2.39. The molecule has 0 aliphatic rings. The van der Waals surface area contributed by atoms with Gasteiger partial charge in [-0.3, -0.25) is 0 Å². The van der Waals surface area contributed by atoms with Crippen LogP contribution in [0.15, 0.2) is 60.8 Å². The quantitative estimate of drug-likeness (QED) is 0.665. The highest BCUT2D eigenvalue weighted by molar-refractivity contribution is 5.74. The molecule has 0 fully saturated rings. The number of aromatic amines is 1. The first-order valence-corrected chi connectivity index (χ1v) is 7.11. The fourth-order valence-electron chi connectivity index (χ4n) is 2.60. The van der Waals surface area contributed by atoms with Crippen LogP contribution in [0.4, 0.5) is 0 Å². The van der Waals surface area contributed by atoms with E-state index < -0.39 is 0 Å². The van der Waals surface area contributed by atoms with E-state index >= 15 is 0 Å². The smallest absolute Gasteiger partial charge is 0.0459 e. The summed E-state index contributed by atoms with van der Waals surface area (Å²) in [6.07, 6.45) is 3.10. The molecular weight excluding hydrogens is 242 g/mol. The second kappa shape index (κ2) is 5.38. The van der Waals surface area contributed by atoms with Gasteiger partial charge in [0.25, 0.3) is 0 Å². The predicted molar refractivity (Wildman–Crippen MR) is 85.8 cm³/mol. The maximum absolute atomic E-state index is 3.38. The number of hydrogen-bond acceptors (Lipinski definition) is 0. The molecule has 0 amide bonds. The molecule has 0 aliphatic carbocycles. The van der Waals surface area contributed by atoms with E-state index in [1.807, 2.05) is 0 Å². The summed E-state index contributed by atoms with van der Waals surface area (Å²) in [6, 6.07) is 19.5. The average Bonchev–Trinajstić information content (AvgIpc) is 2.94. The van der Waals surface area contributed by atoms with Crippen molar-refractivity contribution < 1.29 is 0 Å². The molecular formula is C19H19N. The summed E-state index contributed by atoms with van der Waals surface area (Å²) in [4.78, 5) is 3.38. The maximum Gasteiger partial charge on any atom is 0.0459 e. The van der Waals surface area contributed by atoms with Crippen LogP contribution in [0, 0.1) is 6.92 Å². The third-order valence-electron chi connectivity index (χ3n) is 3.72. The second-order valence-corrected chi connectivity index (χ2v) is 5.18. The van der Waals surface area contributed by atoms with Crippen LogP contribution in [0.2, 0.25) is 0 Å². The SMILES string of the molecule is CCc1ccc(-c2ccccc2)cc1-c1cc(C)c[nH]1. The van der Waals surface area contributed by atoms with Crippen molar-refractivity contribution in [2.45, 2.75) is 20.3 Å². The topological polar surface area (TPSA) is 15.8 Å². The fourth-order valence-corrected chi connectivity index (χ4v) is 2.60. The largest absolute Gasteiger partial charge is 0.361 e. The molecule has 0 aliphatic heterocycles. The lowest BCUT2D eigenvalue weighted by molar-refractivity contribution is 1.14. The van der Waals surface area contributed by atoms with Crippen molar-refractivity contribution in [3.8, 4) is 22.4 Å². The zero-order valence-electron chi connectivity index (χ0n) is 12.0. The first kappa shape index (κ1) is 12.7. The molecule has 0 radical (unpaired) electrons. The Morgan fingerprint density at radius 3 is 2.35 bits per heavy atom.